The van der Waals surface area contributed by atoms with E-state index in [4.69, 9.17) is 5.11 Å². The quantitative estimate of drug-likeness (QED) is 0.732. The van der Waals surface area contributed by atoms with Crippen LogP contribution < -0.4 is 10.6 Å². The molecule has 2 amide bonds. The fraction of sp³-hybridized carbons (Fsp3) is 0.385. The molecule has 0 spiro atoms. The Kier molecular flexibility index (Phi) is 5.17. The van der Waals surface area contributed by atoms with Gasteiger partial charge in [0.15, 0.2) is 11.6 Å². The Hall–Kier alpha value is -2.25. The van der Waals surface area contributed by atoms with Gasteiger partial charge in [0.2, 0.25) is 0 Å². The number of carboxylic acid groups (broad SMARTS) is 1. The molecule has 0 aliphatic carbocycles. The molecule has 0 bridgehead atoms. The minimum Gasteiger partial charge on any atom is -0.480 e. The van der Waals surface area contributed by atoms with Crippen LogP contribution in [0.3, 0.4) is 0 Å². The molecular weight excluding hydrogens is 289 g/mol. The number of halogens is 3. The van der Waals surface area contributed by atoms with Crippen LogP contribution in [-0.2, 0) is 4.79 Å². The molecule has 0 saturated heterocycles. The number of carbonyl (C=O) groups excluding carboxylic acids is 1. The van der Waals surface area contributed by atoms with Gasteiger partial charge in [0.25, 0.3) is 0 Å². The predicted octanol–water partition coefficient (Wildman–Crippen LogP) is 2.87. The lowest BCUT2D eigenvalue weighted by atomic mass is 9.97. The van der Waals surface area contributed by atoms with Crippen LogP contribution in [0.5, 0.6) is 0 Å². The van der Waals surface area contributed by atoms with E-state index in [1.165, 1.54) is 6.92 Å². The van der Waals surface area contributed by atoms with Gasteiger partial charge in [0.1, 0.15) is 11.4 Å². The van der Waals surface area contributed by atoms with E-state index in [0.29, 0.717) is 18.6 Å². The fourth-order valence-corrected chi connectivity index (χ4v) is 1.77. The second-order valence-corrected chi connectivity index (χ2v) is 4.72. The van der Waals surface area contributed by atoms with Crippen molar-refractivity contribution in [1.82, 2.24) is 5.32 Å². The average Bonchev–Trinajstić information content (AvgIpc) is 2.35. The minimum absolute atomic E-state index is 0.135. The molecule has 0 radical (unpaired) electrons. The normalized spacial score (nSPS) is 13.4. The molecule has 0 heterocycles. The summed E-state index contributed by atoms with van der Waals surface area (Å²) in [4.78, 5) is 22.8. The van der Waals surface area contributed by atoms with Crippen molar-refractivity contribution in [3.8, 4) is 0 Å². The lowest BCUT2D eigenvalue weighted by Crippen LogP contribution is -2.53. The maximum atomic E-state index is 13.4. The van der Waals surface area contributed by atoms with Crippen LogP contribution in [0.2, 0.25) is 0 Å². The highest BCUT2D eigenvalue weighted by Crippen LogP contribution is 2.20. The number of hydrogen-bond acceptors (Lipinski definition) is 2. The maximum Gasteiger partial charge on any atom is 0.329 e. The Morgan fingerprint density at radius 2 is 1.90 bits per heavy atom. The lowest BCUT2D eigenvalue weighted by molar-refractivity contribution is -0.143. The van der Waals surface area contributed by atoms with Crippen LogP contribution in [0, 0.1) is 17.5 Å². The largest absolute Gasteiger partial charge is 0.480 e. The van der Waals surface area contributed by atoms with Crippen LogP contribution in [0.25, 0.3) is 0 Å². The van der Waals surface area contributed by atoms with Gasteiger partial charge in [0.05, 0.1) is 5.69 Å². The number of nitrogens with one attached hydrogen (secondary N) is 2. The van der Waals surface area contributed by atoms with E-state index in [0.717, 1.165) is 0 Å². The van der Waals surface area contributed by atoms with E-state index in [1.807, 2.05) is 5.32 Å². The first kappa shape index (κ1) is 16.8. The van der Waals surface area contributed by atoms with E-state index in [2.05, 4.69) is 5.32 Å². The number of carboxylic acids is 1. The zero-order valence-electron chi connectivity index (χ0n) is 11.5. The van der Waals surface area contributed by atoms with E-state index >= 15 is 0 Å². The Morgan fingerprint density at radius 1 is 1.29 bits per heavy atom. The molecule has 5 nitrogen and oxygen atoms in total. The SMILES string of the molecule is CCCC(C)(NC(=O)Nc1cc(F)cc(F)c1F)C(=O)O. The van der Waals surface area contributed by atoms with Crippen LogP contribution >= 0.6 is 0 Å². The predicted molar refractivity (Wildman–Crippen MR) is 69.4 cm³/mol. The zero-order valence-corrected chi connectivity index (χ0v) is 11.5. The first-order valence-electron chi connectivity index (χ1n) is 6.16. The monoisotopic (exact) mass is 304 g/mol. The molecule has 3 N–H and O–H groups in total. The van der Waals surface area contributed by atoms with Crippen molar-refractivity contribution in [3.63, 3.8) is 0 Å². The van der Waals surface area contributed by atoms with Gasteiger partial charge in [-0.3, -0.25) is 0 Å². The van der Waals surface area contributed by atoms with E-state index < -0.39 is 40.7 Å². The third-order valence-electron chi connectivity index (χ3n) is 2.85. The van der Waals surface area contributed by atoms with Gasteiger partial charge >= 0.3 is 12.0 Å². The van der Waals surface area contributed by atoms with Crippen molar-refractivity contribution in [2.24, 2.45) is 0 Å². The van der Waals surface area contributed by atoms with E-state index in [1.54, 1.807) is 6.92 Å². The van der Waals surface area contributed by atoms with Gasteiger partial charge < -0.3 is 15.7 Å². The smallest absolute Gasteiger partial charge is 0.329 e. The third-order valence-corrected chi connectivity index (χ3v) is 2.85. The maximum absolute atomic E-state index is 13.4. The Morgan fingerprint density at radius 3 is 2.43 bits per heavy atom. The van der Waals surface area contributed by atoms with Crippen molar-refractivity contribution in [2.45, 2.75) is 32.2 Å². The van der Waals surface area contributed by atoms with E-state index in [-0.39, 0.29) is 6.42 Å². The summed E-state index contributed by atoms with van der Waals surface area (Å²) >= 11 is 0. The van der Waals surface area contributed by atoms with Crippen molar-refractivity contribution in [1.29, 1.82) is 0 Å². The molecule has 21 heavy (non-hydrogen) atoms. The molecular formula is C13H15F3N2O3. The van der Waals surface area contributed by atoms with Gasteiger partial charge in [0, 0.05) is 12.1 Å². The summed E-state index contributed by atoms with van der Waals surface area (Å²) in [6, 6.07) is -0.149. The number of aliphatic carboxylic acids is 1. The van der Waals surface area contributed by atoms with Gasteiger partial charge in [-0.1, -0.05) is 13.3 Å². The third kappa shape index (κ3) is 4.11. The van der Waals surface area contributed by atoms with Crippen molar-refractivity contribution < 1.29 is 27.9 Å². The first-order valence-corrected chi connectivity index (χ1v) is 6.16. The summed E-state index contributed by atoms with van der Waals surface area (Å²) in [6.45, 7) is 3.00. The molecule has 0 aromatic heterocycles. The topological polar surface area (TPSA) is 78.4 Å². The highest BCUT2D eigenvalue weighted by molar-refractivity contribution is 5.93. The molecule has 1 unspecified atom stereocenters. The summed E-state index contributed by atoms with van der Waals surface area (Å²) in [7, 11) is 0. The van der Waals surface area contributed by atoms with Crippen molar-refractivity contribution in [2.75, 3.05) is 5.32 Å². The van der Waals surface area contributed by atoms with Crippen LogP contribution in [0.15, 0.2) is 12.1 Å². The number of hydrogen-bond donors (Lipinski definition) is 3. The fourth-order valence-electron chi connectivity index (χ4n) is 1.77. The van der Waals surface area contributed by atoms with Crippen LogP contribution in [0.4, 0.5) is 23.7 Å². The Bertz CT molecular complexity index is 566. The van der Waals surface area contributed by atoms with Crippen LogP contribution in [-0.4, -0.2) is 22.6 Å². The highest BCUT2D eigenvalue weighted by Gasteiger charge is 2.34. The number of carbonyl (C=O) groups is 2. The van der Waals surface area contributed by atoms with Crippen molar-refractivity contribution >= 4 is 17.7 Å². The van der Waals surface area contributed by atoms with E-state index in [9.17, 15) is 22.8 Å². The molecule has 1 rings (SSSR count). The minimum atomic E-state index is -1.57. The average molecular weight is 304 g/mol. The summed E-state index contributed by atoms with van der Waals surface area (Å²) in [5.41, 5.74) is -2.28. The summed E-state index contributed by atoms with van der Waals surface area (Å²) in [5, 5.41) is 13.1. The molecule has 0 aliphatic heterocycles. The van der Waals surface area contributed by atoms with Gasteiger partial charge in [-0.2, -0.15) is 0 Å². The molecule has 0 aliphatic rings. The summed E-state index contributed by atoms with van der Waals surface area (Å²) < 4.78 is 39.4. The second kappa shape index (κ2) is 6.47. The number of amides is 2. The second-order valence-electron chi connectivity index (χ2n) is 4.72. The molecule has 8 heteroatoms. The zero-order chi connectivity index (χ0) is 16.2. The van der Waals surface area contributed by atoms with Crippen molar-refractivity contribution in [3.05, 3.63) is 29.6 Å². The van der Waals surface area contributed by atoms with Gasteiger partial charge in [-0.05, 0) is 13.3 Å². The number of benzene rings is 1. The first-order chi connectivity index (χ1) is 9.69. The Labute approximate surface area is 119 Å². The molecule has 1 aromatic rings. The summed E-state index contributed by atoms with van der Waals surface area (Å²) in [6.07, 6.45) is 0.613. The number of urea groups is 1. The number of anilines is 1. The standard InChI is InChI=1S/C13H15F3N2O3/c1-3-4-13(2,11(19)20)18-12(21)17-9-6-7(14)5-8(15)10(9)16/h5-6H,3-4H2,1-2H3,(H,19,20)(H2,17,18,21). The molecule has 116 valence electrons. The number of rotatable bonds is 5. The lowest BCUT2D eigenvalue weighted by Gasteiger charge is -2.25. The van der Waals surface area contributed by atoms with Crippen LogP contribution in [0.1, 0.15) is 26.7 Å². The Balaban J connectivity index is 2.89. The molecule has 0 saturated carbocycles. The molecule has 0 fully saturated rings. The van der Waals surface area contributed by atoms with Gasteiger partial charge in [-0.25, -0.2) is 22.8 Å². The summed E-state index contributed by atoms with van der Waals surface area (Å²) in [5.74, 6) is -5.23. The van der Waals surface area contributed by atoms with Gasteiger partial charge in [-0.15, -0.1) is 0 Å². The highest BCUT2D eigenvalue weighted by atomic mass is 19.2. The molecule has 1 atom stereocenters. The molecule has 1 aromatic carbocycles.